The van der Waals surface area contributed by atoms with Crippen molar-refractivity contribution in [1.82, 2.24) is 10.2 Å². The maximum Gasteiger partial charge on any atom is 0.176 e. The van der Waals surface area contributed by atoms with Gasteiger partial charge in [0.2, 0.25) is 0 Å². The van der Waals surface area contributed by atoms with Crippen molar-refractivity contribution >= 4 is 22.8 Å². The Hall–Kier alpha value is -2.95. The van der Waals surface area contributed by atoms with Gasteiger partial charge in [-0.05, 0) is 22.5 Å². The van der Waals surface area contributed by atoms with Gasteiger partial charge < -0.3 is 5.11 Å². The number of phenols is 1. The number of aromatic hydroxyl groups is 1. The summed E-state index contributed by atoms with van der Waals surface area (Å²) in [5.74, 6) is 0.840. The van der Waals surface area contributed by atoms with Gasteiger partial charge in [0.15, 0.2) is 5.82 Å². The van der Waals surface area contributed by atoms with Gasteiger partial charge in [-0.2, -0.15) is 10.2 Å². The molecule has 0 saturated heterocycles. The molecule has 2 aromatic carbocycles. The number of phenolic OH excluding ortho intramolecular Hbond substituents is 1. The molecule has 0 amide bonds. The van der Waals surface area contributed by atoms with Crippen LogP contribution >= 0.6 is 0 Å². The van der Waals surface area contributed by atoms with Crippen molar-refractivity contribution in [2.45, 2.75) is 52.4 Å². The fourth-order valence-electron chi connectivity index (χ4n) is 3.03. The average molecular weight is 377 g/mol. The molecule has 0 fully saturated rings. The third-order valence-electron chi connectivity index (χ3n) is 4.76. The Labute approximate surface area is 166 Å². The van der Waals surface area contributed by atoms with E-state index in [4.69, 9.17) is 0 Å². The van der Waals surface area contributed by atoms with Gasteiger partial charge in [0.25, 0.3) is 0 Å². The summed E-state index contributed by atoms with van der Waals surface area (Å²) in [5.41, 5.74) is 5.49. The molecule has 28 heavy (non-hydrogen) atoms. The first-order chi connectivity index (χ1) is 13.1. The van der Waals surface area contributed by atoms with E-state index >= 15 is 0 Å². The lowest BCUT2D eigenvalue weighted by Crippen LogP contribution is -2.17. The van der Waals surface area contributed by atoms with E-state index in [0.29, 0.717) is 11.4 Å². The summed E-state index contributed by atoms with van der Waals surface area (Å²) < 4.78 is 0. The van der Waals surface area contributed by atoms with Crippen LogP contribution in [0.25, 0.3) is 10.8 Å². The molecule has 0 aliphatic carbocycles. The zero-order valence-corrected chi connectivity index (χ0v) is 17.4. The van der Waals surface area contributed by atoms with Gasteiger partial charge in [-0.3, -0.25) is 5.43 Å². The molecule has 2 N–H and O–H groups in total. The van der Waals surface area contributed by atoms with E-state index in [1.54, 1.807) is 12.4 Å². The van der Waals surface area contributed by atoms with Gasteiger partial charge in [-0.1, -0.05) is 71.9 Å². The Morgan fingerprint density at radius 2 is 1.71 bits per heavy atom. The van der Waals surface area contributed by atoms with Crippen LogP contribution in [0.2, 0.25) is 0 Å². The Balaban J connectivity index is 1.99. The minimum absolute atomic E-state index is 0.0369. The molecule has 5 heteroatoms. The molecule has 0 aliphatic rings. The highest BCUT2D eigenvalue weighted by atomic mass is 16.3. The summed E-state index contributed by atoms with van der Waals surface area (Å²) in [6.45, 7) is 12.8. The second-order valence-electron chi connectivity index (χ2n) is 9.11. The SMILES string of the molecule is CC(C)(C)c1cc(/C=N/Nc2nncc3ccccc23)c(O)c(C(C)(C)C)c1. The van der Waals surface area contributed by atoms with Crippen molar-refractivity contribution in [3.8, 4) is 5.75 Å². The third-order valence-corrected chi connectivity index (χ3v) is 4.76. The molecule has 0 unspecified atom stereocenters. The predicted molar refractivity (Wildman–Crippen MR) is 116 cm³/mol. The Kier molecular flexibility index (Phi) is 5.11. The number of benzene rings is 2. The third kappa shape index (κ3) is 4.14. The lowest BCUT2D eigenvalue weighted by atomic mass is 9.79. The monoisotopic (exact) mass is 376 g/mol. The number of nitrogens with zero attached hydrogens (tertiary/aromatic N) is 3. The highest BCUT2D eigenvalue weighted by Crippen LogP contribution is 2.37. The zero-order chi connectivity index (χ0) is 20.5. The highest BCUT2D eigenvalue weighted by Gasteiger charge is 2.24. The Bertz CT molecular complexity index is 1020. The number of rotatable bonds is 3. The number of anilines is 1. The van der Waals surface area contributed by atoms with Gasteiger partial charge in [-0.25, -0.2) is 0 Å². The minimum atomic E-state index is -0.178. The molecule has 0 saturated carbocycles. The van der Waals surface area contributed by atoms with Gasteiger partial charge in [0.1, 0.15) is 5.75 Å². The van der Waals surface area contributed by atoms with Crippen molar-refractivity contribution in [3.05, 3.63) is 59.3 Å². The van der Waals surface area contributed by atoms with Crippen molar-refractivity contribution < 1.29 is 5.11 Å². The lowest BCUT2D eigenvalue weighted by molar-refractivity contribution is 0.444. The van der Waals surface area contributed by atoms with E-state index in [9.17, 15) is 5.11 Å². The molecule has 3 aromatic rings. The van der Waals surface area contributed by atoms with E-state index in [1.165, 1.54) is 0 Å². The fraction of sp³-hybridized carbons (Fsp3) is 0.348. The predicted octanol–water partition coefficient (Wildman–Crippen LogP) is 5.38. The van der Waals surface area contributed by atoms with Crippen molar-refractivity contribution in [2.24, 2.45) is 5.10 Å². The molecule has 0 bridgehead atoms. The molecule has 0 radical (unpaired) electrons. The van der Waals surface area contributed by atoms with Crippen LogP contribution < -0.4 is 5.43 Å². The number of fused-ring (bicyclic) bond motifs is 1. The maximum absolute atomic E-state index is 10.8. The number of nitrogens with one attached hydrogen (secondary N) is 1. The number of hydrogen-bond acceptors (Lipinski definition) is 5. The maximum atomic E-state index is 10.8. The molecule has 0 aliphatic heterocycles. The highest BCUT2D eigenvalue weighted by molar-refractivity contribution is 5.91. The topological polar surface area (TPSA) is 70.4 Å². The van der Waals surface area contributed by atoms with Crippen LogP contribution in [0, 0.1) is 0 Å². The Morgan fingerprint density at radius 1 is 1.00 bits per heavy atom. The molecule has 1 aromatic heterocycles. The minimum Gasteiger partial charge on any atom is -0.507 e. The fourth-order valence-corrected chi connectivity index (χ4v) is 3.03. The van der Waals surface area contributed by atoms with Gasteiger partial charge in [0.05, 0.1) is 12.4 Å². The van der Waals surface area contributed by atoms with Crippen molar-refractivity contribution in [2.75, 3.05) is 5.43 Å². The Morgan fingerprint density at radius 3 is 2.39 bits per heavy atom. The van der Waals surface area contributed by atoms with E-state index in [2.05, 4.69) is 68.3 Å². The average Bonchev–Trinajstić information content (AvgIpc) is 2.61. The van der Waals surface area contributed by atoms with Crippen LogP contribution in [0.3, 0.4) is 0 Å². The van der Waals surface area contributed by atoms with Crippen molar-refractivity contribution in [1.29, 1.82) is 0 Å². The van der Waals surface area contributed by atoms with E-state index in [1.807, 2.05) is 30.3 Å². The van der Waals surface area contributed by atoms with Crippen LogP contribution in [-0.2, 0) is 10.8 Å². The molecule has 3 rings (SSSR count). The van der Waals surface area contributed by atoms with Crippen molar-refractivity contribution in [3.63, 3.8) is 0 Å². The first kappa shape index (κ1) is 19.8. The van der Waals surface area contributed by atoms with E-state index in [0.717, 1.165) is 21.9 Å². The van der Waals surface area contributed by atoms with E-state index < -0.39 is 0 Å². The van der Waals surface area contributed by atoms with Crippen LogP contribution in [0.1, 0.15) is 58.2 Å². The molecular weight excluding hydrogens is 348 g/mol. The summed E-state index contributed by atoms with van der Waals surface area (Å²) in [6.07, 6.45) is 3.36. The first-order valence-corrected chi connectivity index (χ1v) is 9.45. The molecule has 146 valence electrons. The number of hydrazone groups is 1. The van der Waals surface area contributed by atoms with Gasteiger partial charge in [-0.15, -0.1) is 5.10 Å². The van der Waals surface area contributed by atoms with Crippen LogP contribution in [-0.4, -0.2) is 21.5 Å². The molecule has 1 heterocycles. The lowest BCUT2D eigenvalue weighted by Gasteiger charge is -2.26. The second kappa shape index (κ2) is 7.23. The van der Waals surface area contributed by atoms with Crippen LogP contribution in [0.5, 0.6) is 5.75 Å². The summed E-state index contributed by atoms with van der Waals surface area (Å²) in [5, 5.41) is 25.2. The number of aromatic nitrogens is 2. The summed E-state index contributed by atoms with van der Waals surface area (Å²) in [4.78, 5) is 0. The zero-order valence-electron chi connectivity index (χ0n) is 17.4. The summed E-state index contributed by atoms with van der Waals surface area (Å²) in [6, 6.07) is 11.9. The summed E-state index contributed by atoms with van der Waals surface area (Å²) in [7, 11) is 0. The first-order valence-electron chi connectivity index (χ1n) is 9.45. The normalized spacial score (nSPS) is 12.6. The molecule has 0 spiro atoms. The molecule has 0 atom stereocenters. The standard InChI is InChI=1S/C23H28N4O/c1-22(2,3)17-11-16(20(28)19(12-17)23(4,5)6)14-25-27-21-18-10-8-7-9-15(18)13-24-26-21/h7-14,28H,1-6H3,(H,26,27)/b25-14+. The largest absolute Gasteiger partial charge is 0.507 e. The van der Waals surface area contributed by atoms with Crippen LogP contribution in [0.15, 0.2) is 47.7 Å². The second-order valence-corrected chi connectivity index (χ2v) is 9.11. The van der Waals surface area contributed by atoms with Gasteiger partial charge >= 0.3 is 0 Å². The molecular formula is C23H28N4O. The van der Waals surface area contributed by atoms with Gasteiger partial charge in [0, 0.05) is 21.9 Å². The smallest absolute Gasteiger partial charge is 0.176 e. The summed E-state index contributed by atoms with van der Waals surface area (Å²) >= 11 is 0. The van der Waals surface area contributed by atoms with E-state index in [-0.39, 0.29) is 16.6 Å². The molecule has 5 nitrogen and oxygen atoms in total. The number of hydrogen-bond donors (Lipinski definition) is 2. The quantitative estimate of drug-likeness (QED) is 0.476. The van der Waals surface area contributed by atoms with Crippen LogP contribution in [0.4, 0.5) is 5.82 Å².